The fourth-order valence-electron chi connectivity index (χ4n) is 4.99. The van der Waals surface area contributed by atoms with Crippen molar-refractivity contribution in [2.24, 2.45) is 0 Å². The molecular formula is C27H29ClN6O2. The largest absolute Gasteiger partial charge is 0.375 e. The molecule has 0 radical (unpaired) electrons. The van der Waals surface area contributed by atoms with Crippen molar-refractivity contribution in [1.82, 2.24) is 24.5 Å². The summed E-state index contributed by atoms with van der Waals surface area (Å²) in [6.07, 6.45) is 7.19. The molecule has 2 unspecified atom stereocenters. The topological polar surface area (TPSA) is 94.8 Å². The summed E-state index contributed by atoms with van der Waals surface area (Å²) >= 11 is 6.69. The number of aromatic nitrogens is 5. The van der Waals surface area contributed by atoms with Crippen LogP contribution in [0.1, 0.15) is 39.3 Å². The van der Waals surface area contributed by atoms with Gasteiger partial charge in [0, 0.05) is 58.3 Å². The summed E-state index contributed by atoms with van der Waals surface area (Å²) in [7, 11) is 0. The third kappa shape index (κ3) is 4.70. The van der Waals surface area contributed by atoms with Crippen LogP contribution in [-0.2, 0) is 11.3 Å². The number of halogens is 1. The van der Waals surface area contributed by atoms with E-state index in [1.807, 2.05) is 38.1 Å². The van der Waals surface area contributed by atoms with E-state index in [1.165, 1.54) is 0 Å². The highest BCUT2D eigenvalue weighted by Crippen LogP contribution is 2.32. The Morgan fingerprint density at radius 1 is 1.08 bits per heavy atom. The average molecular weight is 505 g/mol. The summed E-state index contributed by atoms with van der Waals surface area (Å²) in [5.41, 5.74) is 4.04. The van der Waals surface area contributed by atoms with Gasteiger partial charge in [0.05, 0.1) is 23.6 Å². The first-order valence-corrected chi connectivity index (χ1v) is 12.6. The predicted octanol–water partition coefficient (Wildman–Crippen LogP) is 5.27. The van der Waals surface area contributed by atoms with E-state index < -0.39 is 0 Å². The van der Waals surface area contributed by atoms with E-state index in [-0.39, 0.29) is 23.8 Å². The van der Waals surface area contributed by atoms with Gasteiger partial charge in [-0.3, -0.25) is 19.3 Å². The zero-order chi connectivity index (χ0) is 25.4. The number of nitrogens with one attached hydrogen (secondary N) is 1. The molecule has 1 N–H and O–H groups in total. The third-order valence-electron chi connectivity index (χ3n) is 6.59. The molecule has 1 saturated heterocycles. The van der Waals surface area contributed by atoms with Crippen molar-refractivity contribution in [3.63, 3.8) is 0 Å². The van der Waals surface area contributed by atoms with Crippen molar-refractivity contribution >= 4 is 28.6 Å². The minimum absolute atomic E-state index is 0.145. The van der Waals surface area contributed by atoms with Crippen molar-refractivity contribution in [2.75, 3.05) is 5.32 Å². The molecule has 4 aromatic rings. The normalized spacial score (nSPS) is 20.0. The SMILES string of the molecule is CCn1c(=O)c(-c2ccc(-c3nccnc3C)cc2Cl)cc2cnc(NC3CC(C)OC(C)C3)nc21. The van der Waals surface area contributed by atoms with Gasteiger partial charge in [0.15, 0.2) is 0 Å². The summed E-state index contributed by atoms with van der Waals surface area (Å²) in [5, 5.41) is 4.68. The molecule has 5 rings (SSSR count). The molecule has 2 atom stereocenters. The van der Waals surface area contributed by atoms with E-state index in [1.54, 1.807) is 23.2 Å². The quantitative estimate of drug-likeness (QED) is 0.396. The lowest BCUT2D eigenvalue weighted by atomic mass is 10.0. The Morgan fingerprint density at radius 2 is 1.83 bits per heavy atom. The Morgan fingerprint density at radius 3 is 2.53 bits per heavy atom. The minimum Gasteiger partial charge on any atom is -0.375 e. The molecule has 0 amide bonds. The Labute approximate surface area is 214 Å². The Bertz CT molecular complexity index is 1480. The molecule has 1 fully saturated rings. The van der Waals surface area contributed by atoms with Crippen LogP contribution in [0.25, 0.3) is 33.4 Å². The van der Waals surface area contributed by atoms with Gasteiger partial charge in [0.25, 0.3) is 5.56 Å². The fraction of sp³-hybridized carbons (Fsp3) is 0.370. The molecule has 0 spiro atoms. The molecule has 0 bridgehead atoms. The second-order valence-corrected chi connectivity index (χ2v) is 9.74. The second-order valence-electron chi connectivity index (χ2n) is 9.33. The number of hydrogen-bond acceptors (Lipinski definition) is 7. The van der Waals surface area contributed by atoms with Crippen LogP contribution in [0, 0.1) is 6.92 Å². The van der Waals surface area contributed by atoms with Crippen molar-refractivity contribution < 1.29 is 4.74 Å². The highest BCUT2D eigenvalue weighted by molar-refractivity contribution is 6.33. The van der Waals surface area contributed by atoms with Gasteiger partial charge in [-0.25, -0.2) is 4.98 Å². The zero-order valence-corrected chi connectivity index (χ0v) is 21.6. The number of anilines is 1. The lowest BCUT2D eigenvalue weighted by Crippen LogP contribution is -2.37. The molecule has 0 saturated carbocycles. The minimum atomic E-state index is -0.145. The van der Waals surface area contributed by atoms with Crippen molar-refractivity contribution in [2.45, 2.75) is 65.3 Å². The number of benzene rings is 1. The van der Waals surface area contributed by atoms with Gasteiger partial charge in [-0.15, -0.1) is 0 Å². The zero-order valence-electron chi connectivity index (χ0n) is 20.8. The first kappa shape index (κ1) is 24.3. The Kier molecular flexibility index (Phi) is 6.73. The lowest BCUT2D eigenvalue weighted by molar-refractivity contribution is -0.0338. The van der Waals surface area contributed by atoms with E-state index in [4.69, 9.17) is 21.3 Å². The number of hydrogen-bond donors (Lipinski definition) is 1. The average Bonchev–Trinajstić information content (AvgIpc) is 2.84. The molecule has 1 aliphatic heterocycles. The fourth-order valence-corrected chi connectivity index (χ4v) is 5.27. The van der Waals surface area contributed by atoms with E-state index >= 15 is 0 Å². The molecular weight excluding hydrogens is 476 g/mol. The van der Waals surface area contributed by atoms with Crippen LogP contribution >= 0.6 is 11.6 Å². The molecule has 1 aliphatic rings. The van der Waals surface area contributed by atoms with Crippen molar-refractivity contribution in [3.05, 3.63) is 63.9 Å². The van der Waals surface area contributed by atoms with Gasteiger partial charge in [0.2, 0.25) is 5.95 Å². The second kappa shape index (κ2) is 9.95. The van der Waals surface area contributed by atoms with Gasteiger partial charge in [-0.1, -0.05) is 23.7 Å². The number of fused-ring (bicyclic) bond motifs is 1. The van der Waals surface area contributed by atoms with Gasteiger partial charge in [0.1, 0.15) is 5.65 Å². The molecule has 0 aliphatic carbocycles. The summed E-state index contributed by atoms with van der Waals surface area (Å²) in [6, 6.07) is 7.64. The Hall–Kier alpha value is -3.36. The third-order valence-corrected chi connectivity index (χ3v) is 6.90. The van der Waals surface area contributed by atoms with Gasteiger partial charge in [-0.05, 0) is 52.7 Å². The molecule has 4 heterocycles. The maximum atomic E-state index is 13.5. The first-order valence-electron chi connectivity index (χ1n) is 12.2. The Balaban J connectivity index is 1.52. The maximum Gasteiger partial charge on any atom is 0.260 e. The highest BCUT2D eigenvalue weighted by Gasteiger charge is 2.25. The van der Waals surface area contributed by atoms with Crippen molar-refractivity contribution in [3.8, 4) is 22.4 Å². The van der Waals surface area contributed by atoms with Crippen LogP contribution in [0.4, 0.5) is 5.95 Å². The van der Waals surface area contributed by atoms with Crippen LogP contribution in [0.15, 0.2) is 47.7 Å². The molecule has 3 aromatic heterocycles. The smallest absolute Gasteiger partial charge is 0.260 e. The summed E-state index contributed by atoms with van der Waals surface area (Å²) < 4.78 is 7.51. The van der Waals surface area contributed by atoms with E-state index in [0.29, 0.717) is 34.3 Å². The maximum absolute atomic E-state index is 13.5. The number of rotatable bonds is 5. The van der Waals surface area contributed by atoms with Gasteiger partial charge >= 0.3 is 0 Å². The molecule has 8 nitrogen and oxygen atoms in total. The van der Waals surface area contributed by atoms with Crippen LogP contribution < -0.4 is 10.9 Å². The van der Waals surface area contributed by atoms with E-state index in [2.05, 4.69) is 34.1 Å². The standard InChI is InChI=1S/C27H29ClN6O2/c1-5-34-25-19(14-31-27(33-25)32-20-10-15(2)36-16(3)11-20)12-22(26(34)35)21-7-6-18(13-23(21)28)24-17(4)29-8-9-30-24/h6-9,12-16,20H,5,10-11H2,1-4H3,(H,31,32,33). The summed E-state index contributed by atoms with van der Waals surface area (Å²) in [5.74, 6) is 0.518. The van der Waals surface area contributed by atoms with Gasteiger partial charge in [-0.2, -0.15) is 4.98 Å². The van der Waals surface area contributed by atoms with Crippen molar-refractivity contribution in [1.29, 1.82) is 0 Å². The van der Waals surface area contributed by atoms with Crippen LogP contribution in [0.2, 0.25) is 5.02 Å². The van der Waals surface area contributed by atoms with Crippen LogP contribution in [-0.4, -0.2) is 42.8 Å². The predicted molar refractivity (Wildman–Crippen MR) is 142 cm³/mol. The molecule has 9 heteroatoms. The van der Waals surface area contributed by atoms with Crippen LogP contribution in [0.3, 0.4) is 0 Å². The summed E-state index contributed by atoms with van der Waals surface area (Å²) in [6.45, 7) is 8.46. The molecule has 36 heavy (non-hydrogen) atoms. The summed E-state index contributed by atoms with van der Waals surface area (Å²) in [4.78, 5) is 31.5. The lowest BCUT2D eigenvalue weighted by Gasteiger charge is -2.32. The van der Waals surface area contributed by atoms with Crippen LogP contribution in [0.5, 0.6) is 0 Å². The van der Waals surface area contributed by atoms with E-state index in [9.17, 15) is 4.79 Å². The number of nitrogens with zero attached hydrogens (tertiary/aromatic N) is 5. The van der Waals surface area contributed by atoms with E-state index in [0.717, 1.165) is 35.2 Å². The first-order chi connectivity index (χ1) is 17.3. The molecule has 1 aromatic carbocycles. The number of ether oxygens (including phenoxy) is 1. The number of aryl methyl sites for hydroxylation is 2. The van der Waals surface area contributed by atoms with Gasteiger partial charge < -0.3 is 10.1 Å². The molecule has 186 valence electrons. The number of pyridine rings is 1. The highest BCUT2D eigenvalue weighted by atomic mass is 35.5. The monoisotopic (exact) mass is 504 g/mol.